The van der Waals surface area contributed by atoms with E-state index in [-0.39, 0.29) is 5.82 Å². The first kappa shape index (κ1) is 35.0. The first-order valence-corrected chi connectivity index (χ1v) is 16.0. The Kier molecular flexibility index (Phi) is 13.3. The predicted molar refractivity (Wildman–Crippen MR) is 196 cm³/mol. The Morgan fingerprint density at radius 2 is 1.56 bits per heavy atom. The molecule has 7 heteroatoms. The molecule has 0 bridgehead atoms. The van der Waals surface area contributed by atoms with Gasteiger partial charge in [-0.1, -0.05) is 63.4 Å². The molecular weight excluding hydrogens is 578 g/mol. The fourth-order valence-corrected chi connectivity index (χ4v) is 5.70. The molecule has 5 aromatic rings. The van der Waals surface area contributed by atoms with Crippen LogP contribution in [0.25, 0.3) is 20.7 Å². The monoisotopic (exact) mass is 623 g/mol. The Balaban J connectivity index is 0.000000234. The highest BCUT2D eigenvalue weighted by atomic mass is 32.1. The van der Waals surface area contributed by atoms with Crippen molar-refractivity contribution in [3.63, 3.8) is 0 Å². The van der Waals surface area contributed by atoms with Crippen molar-refractivity contribution in [3.05, 3.63) is 132 Å². The fraction of sp³-hybridized carbons (Fsp3) is 0.237. The van der Waals surface area contributed by atoms with Crippen LogP contribution in [-0.4, -0.2) is 31.0 Å². The Hall–Kier alpha value is -4.46. The normalized spacial score (nSPS) is 10.3. The van der Waals surface area contributed by atoms with E-state index in [0.717, 1.165) is 34.8 Å². The molecule has 45 heavy (non-hydrogen) atoms. The summed E-state index contributed by atoms with van der Waals surface area (Å²) >= 11 is 1.83. The van der Waals surface area contributed by atoms with Crippen molar-refractivity contribution in [2.75, 3.05) is 37.1 Å². The van der Waals surface area contributed by atoms with Gasteiger partial charge in [0, 0.05) is 48.2 Å². The second-order valence-electron chi connectivity index (χ2n) is 10.8. The van der Waals surface area contributed by atoms with Crippen LogP contribution in [0.2, 0.25) is 0 Å². The molecule has 0 fully saturated rings. The van der Waals surface area contributed by atoms with E-state index < -0.39 is 0 Å². The minimum absolute atomic E-state index is 0.234. The van der Waals surface area contributed by atoms with Crippen LogP contribution in [0.1, 0.15) is 37.0 Å². The molecule has 0 aliphatic heterocycles. The van der Waals surface area contributed by atoms with Crippen LogP contribution in [0.3, 0.4) is 0 Å². The third-order valence-corrected chi connectivity index (χ3v) is 8.06. The topological polar surface area (TPSA) is 52.2 Å². The molecule has 0 spiro atoms. The molecule has 0 amide bonds. The van der Waals surface area contributed by atoms with Gasteiger partial charge in [-0.3, -0.25) is 4.98 Å². The van der Waals surface area contributed by atoms with Crippen LogP contribution in [0, 0.1) is 19.7 Å². The predicted octanol–water partition coefficient (Wildman–Crippen LogP) is 10.5. The molecule has 0 aliphatic carbocycles. The minimum Gasteiger partial charge on any atom is -0.386 e. The third kappa shape index (κ3) is 10.3. The fourth-order valence-electron chi connectivity index (χ4n) is 4.62. The number of anilines is 3. The Bertz CT molecular complexity index is 1720. The maximum absolute atomic E-state index is 13.6. The first-order chi connectivity index (χ1) is 21.6. The van der Waals surface area contributed by atoms with Crippen LogP contribution in [0.4, 0.5) is 21.5 Å². The number of nitrogens with zero attached hydrogens (tertiary/aromatic N) is 2. The average Bonchev–Trinajstić information content (AvgIpc) is 3.46. The van der Waals surface area contributed by atoms with Crippen LogP contribution in [-0.2, 0) is 6.54 Å². The van der Waals surface area contributed by atoms with E-state index in [1.165, 1.54) is 32.3 Å². The average molecular weight is 624 g/mol. The molecule has 0 radical (unpaired) electrons. The smallest absolute Gasteiger partial charge is 0.128 e. The van der Waals surface area contributed by atoms with Gasteiger partial charge in [-0.25, -0.2) is 4.39 Å². The minimum atomic E-state index is -0.234. The van der Waals surface area contributed by atoms with Gasteiger partial charge < -0.3 is 20.9 Å². The molecule has 2 heterocycles. The number of para-hydroxylation sites is 2. The van der Waals surface area contributed by atoms with Crippen molar-refractivity contribution in [3.8, 4) is 10.4 Å². The Labute approximate surface area is 272 Å². The van der Waals surface area contributed by atoms with Crippen molar-refractivity contribution in [2.24, 2.45) is 0 Å². The van der Waals surface area contributed by atoms with E-state index >= 15 is 0 Å². The summed E-state index contributed by atoms with van der Waals surface area (Å²) in [6.45, 7) is 16.8. The number of rotatable bonds is 10. The zero-order valence-corrected chi connectivity index (χ0v) is 28.4. The summed E-state index contributed by atoms with van der Waals surface area (Å²) in [5.41, 5.74) is 9.82. The lowest BCUT2D eigenvalue weighted by Crippen LogP contribution is -2.10. The number of halogens is 1. The Morgan fingerprint density at radius 1 is 0.844 bits per heavy atom. The highest BCUT2D eigenvalue weighted by Crippen LogP contribution is 2.34. The van der Waals surface area contributed by atoms with Crippen molar-refractivity contribution < 1.29 is 4.39 Å². The van der Waals surface area contributed by atoms with Gasteiger partial charge in [-0.15, -0.1) is 11.3 Å². The molecule has 5 rings (SSSR count). The molecule has 0 atom stereocenters. The molecule has 0 aliphatic rings. The second kappa shape index (κ2) is 17.1. The summed E-state index contributed by atoms with van der Waals surface area (Å²) in [6, 6.07) is 26.0. The van der Waals surface area contributed by atoms with E-state index in [1.54, 1.807) is 13.0 Å². The number of thiophene rings is 1. The largest absolute Gasteiger partial charge is 0.386 e. The van der Waals surface area contributed by atoms with E-state index in [2.05, 4.69) is 96.4 Å². The van der Waals surface area contributed by atoms with E-state index in [9.17, 15) is 4.39 Å². The quantitative estimate of drug-likeness (QED) is 0.145. The zero-order chi connectivity index (χ0) is 32.9. The van der Waals surface area contributed by atoms with Gasteiger partial charge in [0.05, 0.1) is 21.6 Å². The lowest BCUT2D eigenvalue weighted by atomic mass is 10.1. The number of aromatic nitrogens is 1. The lowest BCUT2D eigenvalue weighted by Gasteiger charge is -2.16. The summed E-state index contributed by atoms with van der Waals surface area (Å²) in [5, 5.41) is 9.49. The standard InChI is InChI=1S/C19H22FN3.C17H18N2S.C2H6/c1-13-9-10-16(12-17(13)20)22-14(2)11-15(3)23-19-8-6-5-7-18(19)21-4;1-12-7-8-18-15-10-16(20-17(12)15)14-6-4-5-13(9-14)11-19(2)3;1-2/h5-10,12,21-23H,2-3,11H2,1,4H3;4-10H,11H2,1-3H3;1-2H3. The van der Waals surface area contributed by atoms with E-state index in [0.29, 0.717) is 17.7 Å². The summed E-state index contributed by atoms with van der Waals surface area (Å²) in [5.74, 6) is -0.234. The maximum Gasteiger partial charge on any atom is 0.128 e. The van der Waals surface area contributed by atoms with Gasteiger partial charge in [-0.05, 0) is 92.7 Å². The molecular formula is C38H46FN5S. The van der Waals surface area contributed by atoms with Gasteiger partial charge in [0.1, 0.15) is 5.82 Å². The number of aryl methyl sites for hydroxylation is 2. The summed E-state index contributed by atoms with van der Waals surface area (Å²) in [6.07, 6.45) is 2.42. The van der Waals surface area contributed by atoms with Crippen molar-refractivity contribution in [1.29, 1.82) is 0 Å². The highest BCUT2D eigenvalue weighted by Gasteiger charge is 2.08. The van der Waals surface area contributed by atoms with Gasteiger partial charge in [0.25, 0.3) is 0 Å². The highest BCUT2D eigenvalue weighted by molar-refractivity contribution is 7.22. The van der Waals surface area contributed by atoms with Crippen molar-refractivity contribution in [2.45, 2.75) is 40.7 Å². The molecule has 236 valence electrons. The molecule has 2 aromatic heterocycles. The number of benzene rings is 3. The summed E-state index contributed by atoms with van der Waals surface area (Å²) < 4.78 is 14.8. The van der Waals surface area contributed by atoms with Crippen LogP contribution in [0.15, 0.2) is 110 Å². The van der Waals surface area contributed by atoms with E-state index in [4.69, 9.17) is 0 Å². The molecule has 0 saturated heterocycles. The second-order valence-corrected chi connectivity index (χ2v) is 11.8. The van der Waals surface area contributed by atoms with Crippen LogP contribution >= 0.6 is 11.3 Å². The zero-order valence-electron chi connectivity index (χ0n) is 27.6. The third-order valence-electron chi connectivity index (χ3n) is 6.75. The van der Waals surface area contributed by atoms with Crippen LogP contribution < -0.4 is 16.0 Å². The first-order valence-electron chi connectivity index (χ1n) is 15.1. The van der Waals surface area contributed by atoms with Crippen molar-refractivity contribution >= 4 is 38.6 Å². The van der Waals surface area contributed by atoms with Gasteiger partial charge in [0.15, 0.2) is 0 Å². The summed E-state index contributed by atoms with van der Waals surface area (Å²) in [4.78, 5) is 7.95. The SMILES string of the molecule is C=C(CC(=C)Nc1ccccc1NC)Nc1ccc(C)c(F)c1.CC.Cc1ccnc2cc(-c3cccc(CN(C)C)c3)sc12. The Morgan fingerprint density at radius 3 is 2.22 bits per heavy atom. The van der Waals surface area contributed by atoms with E-state index in [1.807, 2.05) is 68.8 Å². The van der Waals surface area contributed by atoms with Gasteiger partial charge in [-0.2, -0.15) is 0 Å². The summed E-state index contributed by atoms with van der Waals surface area (Å²) in [7, 11) is 6.06. The van der Waals surface area contributed by atoms with Gasteiger partial charge in [0.2, 0.25) is 0 Å². The molecule has 0 unspecified atom stereocenters. The number of hydrogen-bond donors (Lipinski definition) is 3. The number of hydrogen-bond acceptors (Lipinski definition) is 6. The van der Waals surface area contributed by atoms with Crippen LogP contribution in [0.5, 0.6) is 0 Å². The lowest BCUT2D eigenvalue weighted by molar-refractivity contribution is 0.402. The maximum atomic E-state index is 13.6. The number of fused-ring (bicyclic) bond motifs is 1. The molecule has 3 N–H and O–H groups in total. The number of pyridine rings is 1. The molecule has 5 nitrogen and oxygen atoms in total. The number of nitrogens with one attached hydrogen (secondary N) is 3. The van der Waals surface area contributed by atoms with Crippen molar-refractivity contribution in [1.82, 2.24) is 9.88 Å². The molecule has 0 saturated carbocycles. The molecule has 3 aromatic carbocycles. The van der Waals surface area contributed by atoms with Gasteiger partial charge >= 0.3 is 0 Å².